The molecule has 2 aromatic carbocycles. The first-order chi connectivity index (χ1) is 21.4. The fraction of sp³-hybridized carbons (Fsp3) is 0.625. The highest BCUT2D eigenvalue weighted by Crippen LogP contribution is 2.25. The molecule has 0 spiro atoms. The van der Waals surface area contributed by atoms with Gasteiger partial charge < -0.3 is 24.4 Å². The summed E-state index contributed by atoms with van der Waals surface area (Å²) in [7, 11) is 0. The highest BCUT2D eigenvalue weighted by molar-refractivity contribution is 9.09. The van der Waals surface area contributed by atoms with E-state index in [1.54, 1.807) is 0 Å². The van der Waals surface area contributed by atoms with E-state index in [4.69, 9.17) is 14.9 Å². The maximum Gasteiger partial charge on any atom is 0.573 e. The standard InChI is InChI=1S/C16H22BrF3O2.C9H19BrO.C7H5F3O2/c17-12-6-4-2-1-3-5-7-13-21-14-8-10-15(11-9-14)22-16(18,19)20;10-8-6-4-2-1-3-5-7-9-11;8-7(9,10)12-6-3-1-5(11)2-4-6/h8-11H,1-7,12-13H2;11H,1-9H2;1-4,11H. The number of rotatable bonds is 20. The lowest BCUT2D eigenvalue weighted by Crippen LogP contribution is -2.16. The molecular weight excluding hydrogens is 738 g/mol. The molecule has 0 aromatic heterocycles. The maximum absolute atomic E-state index is 12.0. The quantitative estimate of drug-likeness (QED) is 0.0795. The van der Waals surface area contributed by atoms with E-state index in [9.17, 15) is 26.3 Å². The Morgan fingerprint density at radius 2 is 0.822 bits per heavy atom. The summed E-state index contributed by atoms with van der Waals surface area (Å²) in [6.07, 6.45) is 7.79. The van der Waals surface area contributed by atoms with E-state index in [-0.39, 0.29) is 17.2 Å². The van der Waals surface area contributed by atoms with Gasteiger partial charge in [0.25, 0.3) is 0 Å². The first kappa shape index (κ1) is 43.1. The number of ether oxygens (including phenoxy) is 3. The summed E-state index contributed by atoms with van der Waals surface area (Å²) in [6, 6.07) is 9.77. The van der Waals surface area contributed by atoms with Crippen molar-refractivity contribution >= 4 is 31.9 Å². The van der Waals surface area contributed by atoms with Gasteiger partial charge in [-0.1, -0.05) is 96.1 Å². The Kier molecular flexibility index (Phi) is 26.1. The van der Waals surface area contributed by atoms with Crippen LogP contribution in [0.5, 0.6) is 23.0 Å². The number of unbranched alkanes of at least 4 members (excludes halogenated alkanes) is 12. The molecule has 0 unspecified atom stereocenters. The summed E-state index contributed by atoms with van der Waals surface area (Å²) in [5, 5.41) is 19.4. The lowest BCUT2D eigenvalue weighted by Gasteiger charge is -2.10. The lowest BCUT2D eigenvalue weighted by molar-refractivity contribution is -0.275. The van der Waals surface area contributed by atoms with Gasteiger partial charge in [0, 0.05) is 17.3 Å². The molecule has 13 heteroatoms. The number of hydrogen-bond donors (Lipinski definition) is 2. The molecule has 45 heavy (non-hydrogen) atoms. The molecule has 0 heterocycles. The largest absolute Gasteiger partial charge is 0.573 e. The molecular formula is C32H46Br2F6O5. The predicted octanol–water partition coefficient (Wildman–Crippen LogP) is 11.5. The Bertz CT molecular complexity index is 922. The minimum Gasteiger partial charge on any atom is -0.508 e. The normalized spacial score (nSPS) is 11.1. The van der Waals surface area contributed by atoms with Gasteiger partial charge in [0.05, 0.1) is 6.61 Å². The summed E-state index contributed by atoms with van der Waals surface area (Å²) in [5.74, 6) is -0.125. The smallest absolute Gasteiger partial charge is 0.508 e. The van der Waals surface area contributed by atoms with E-state index in [1.165, 1.54) is 94.9 Å². The first-order valence-electron chi connectivity index (χ1n) is 15.2. The zero-order valence-electron chi connectivity index (χ0n) is 25.5. The molecule has 5 nitrogen and oxygen atoms in total. The number of halogens is 8. The molecule has 0 bridgehead atoms. The van der Waals surface area contributed by atoms with Crippen LogP contribution in [0.25, 0.3) is 0 Å². The van der Waals surface area contributed by atoms with E-state index < -0.39 is 12.7 Å². The van der Waals surface area contributed by atoms with Gasteiger partial charge in [-0.15, -0.1) is 26.3 Å². The average molecular weight is 785 g/mol. The van der Waals surface area contributed by atoms with Gasteiger partial charge in [-0.3, -0.25) is 0 Å². The topological polar surface area (TPSA) is 68.2 Å². The van der Waals surface area contributed by atoms with Gasteiger partial charge >= 0.3 is 12.7 Å². The maximum atomic E-state index is 12.0. The summed E-state index contributed by atoms with van der Waals surface area (Å²) < 4.78 is 83.5. The minimum atomic E-state index is -4.68. The number of phenolic OH excluding ortho intramolecular Hbond substituents is 1. The van der Waals surface area contributed by atoms with Crippen LogP contribution in [0.15, 0.2) is 48.5 Å². The molecule has 0 atom stereocenters. The van der Waals surface area contributed by atoms with Crippen LogP contribution >= 0.6 is 31.9 Å². The van der Waals surface area contributed by atoms with E-state index in [1.807, 2.05) is 0 Å². The van der Waals surface area contributed by atoms with Gasteiger partial charge in [0.1, 0.15) is 23.0 Å². The molecule has 0 saturated carbocycles. The van der Waals surface area contributed by atoms with Crippen LogP contribution < -0.4 is 14.2 Å². The summed E-state index contributed by atoms with van der Waals surface area (Å²) in [5.41, 5.74) is 0. The lowest BCUT2D eigenvalue weighted by atomic mass is 10.1. The van der Waals surface area contributed by atoms with Gasteiger partial charge in [-0.05, 0) is 74.2 Å². The van der Waals surface area contributed by atoms with Gasteiger partial charge in [-0.2, -0.15) is 0 Å². The first-order valence-corrected chi connectivity index (χ1v) is 17.4. The third kappa shape index (κ3) is 30.6. The predicted molar refractivity (Wildman–Crippen MR) is 173 cm³/mol. The number of aliphatic hydroxyl groups excluding tert-OH is 1. The molecule has 0 aliphatic heterocycles. The molecule has 0 fully saturated rings. The van der Waals surface area contributed by atoms with Crippen molar-refractivity contribution in [2.45, 2.75) is 103 Å². The van der Waals surface area contributed by atoms with E-state index in [2.05, 4.69) is 41.3 Å². The summed E-state index contributed by atoms with van der Waals surface area (Å²) >= 11 is 6.82. The third-order valence-electron chi connectivity index (χ3n) is 5.97. The van der Waals surface area contributed by atoms with E-state index in [0.717, 1.165) is 54.2 Å². The molecule has 2 aromatic rings. The fourth-order valence-electron chi connectivity index (χ4n) is 3.75. The molecule has 0 radical (unpaired) electrons. The zero-order chi connectivity index (χ0) is 33.8. The molecule has 0 saturated heterocycles. The van der Waals surface area contributed by atoms with Crippen molar-refractivity contribution in [3.8, 4) is 23.0 Å². The number of aromatic hydroxyl groups is 1. The fourth-order valence-corrected chi connectivity index (χ4v) is 4.54. The van der Waals surface area contributed by atoms with Crippen molar-refractivity contribution in [3.63, 3.8) is 0 Å². The van der Waals surface area contributed by atoms with Crippen LogP contribution in [0, 0.1) is 0 Å². The van der Waals surface area contributed by atoms with Crippen LogP contribution in [-0.2, 0) is 0 Å². The molecule has 2 rings (SSSR count). The number of alkyl halides is 8. The number of hydrogen-bond acceptors (Lipinski definition) is 5. The Balaban J connectivity index is 0.000000710. The van der Waals surface area contributed by atoms with Gasteiger partial charge in [0.15, 0.2) is 0 Å². The number of phenols is 1. The second kappa shape index (κ2) is 27.3. The molecule has 260 valence electrons. The van der Waals surface area contributed by atoms with Crippen LogP contribution in [0.2, 0.25) is 0 Å². The molecule has 2 N–H and O–H groups in total. The number of benzene rings is 2. The SMILES string of the molecule is FC(F)(F)Oc1ccc(OCCCCCCCCCBr)cc1.OCCCCCCCCCBr.Oc1ccc(OC(F)(F)F)cc1. The molecule has 0 aliphatic rings. The van der Waals surface area contributed by atoms with Crippen molar-refractivity contribution in [2.75, 3.05) is 23.9 Å². The van der Waals surface area contributed by atoms with Gasteiger partial charge in [-0.25, -0.2) is 0 Å². The second-order valence-corrected chi connectivity index (χ2v) is 11.5. The van der Waals surface area contributed by atoms with Gasteiger partial charge in [0.2, 0.25) is 0 Å². The second-order valence-electron chi connectivity index (χ2n) is 9.96. The Labute approximate surface area is 279 Å². The zero-order valence-corrected chi connectivity index (χ0v) is 28.7. The van der Waals surface area contributed by atoms with Crippen LogP contribution in [0.3, 0.4) is 0 Å². The Hall–Kier alpha value is -1.86. The van der Waals surface area contributed by atoms with Crippen LogP contribution in [-0.4, -0.2) is 46.8 Å². The van der Waals surface area contributed by atoms with Crippen molar-refractivity contribution in [1.29, 1.82) is 0 Å². The highest BCUT2D eigenvalue weighted by atomic mass is 79.9. The Morgan fingerprint density at radius 3 is 1.20 bits per heavy atom. The van der Waals surface area contributed by atoms with E-state index in [0.29, 0.717) is 19.0 Å². The molecule has 0 amide bonds. The van der Waals surface area contributed by atoms with E-state index >= 15 is 0 Å². The summed E-state index contributed by atoms with van der Waals surface area (Å²) in [4.78, 5) is 0. The van der Waals surface area contributed by atoms with Crippen molar-refractivity contribution in [3.05, 3.63) is 48.5 Å². The van der Waals surface area contributed by atoms with Crippen molar-refractivity contribution in [1.82, 2.24) is 0 Å². The third-order valence-corrected chi connectivity index (χ3v) is 7.09. The Morgan fingerprint density at radius 1 is 0.489 bits per heavy atom. The molecule has 0 aliphatic carbocycles. The van der Waals surface area contributed by atoms with Crippen LogP contribution in [0.1, 0.15) is 89.9 Å². The number of aliphatic hydroxyl groups is 1. The monoisotopic (exact) mass is 782 g/mol. The minimum absolute atomic E-state index is 0.107. The summed E-state index contributed by atoms with van der Waals surface area (Å²) in [6.45, 7) is 0.947. The highest BCUT2D eigenvalue weighted by Gasteiger charge is 2.31. The van der Waals surface area contributed by atoms with Crippen LogP contribution in [0.4, 0.5) is 26.3 Å². The van der Waals surface area contributed by atoms with Crippen molar-refractivity contribution < 1.29 is 50.8 Å². The average Bonchev–Trinajstić information content (AvgIpc) is 2.97. The van der Waals surface area contributed by atoms with Crippen molar-refractivity contribution in [2.24, 2.45) is 0 Å².